The van der Waals surface area contributed by atoms with Gasteiger partial charge < -0.3 is 9.72 Å². The van der Waals surface area contributed by atoms with E-state index in [1.807, 2.05) is 32.9 Å². The number of anilines is 1. The number of aryl methyl sites for hydroxylation is 3. The van der Waals surface area contributed by atoms with E-state index in [-0.39, 0.29) is 12.5 Å². The van der Waals surface area contributed by atoms with Crippen LogP contribution in [0.25, 0.3) is 0 Å². The summed E-state index contributed by atoms with van der Waals surface area (Å²) >= 11 is 0. The molecule has 2 N–H and O–H groups in total. The van der Waals surface area contributed by atoms with Gasteiger partial charge in [0.2, 0.25) is 5.95 Å². The van der Waals surface area contributed by atoms with Crippen molar-refractivity contribution in [2.45, 2.75) is 20.8 Å². The highest BCUT2D eigenvalue weighted by Crippen LogP contribution is 2.24. The molecular formula is C14H17N3O2. The van der Waals surface area contributed by atoms with Gasteiger partial charge >= 0.3 is 0 Å². The van der Waals surface area contributed by atoms with Crippen molar-refractivity contribution in [2.75, 3.05) is 11.9 Å². The second kappa shape index (κ2) is 5.56. The Bertz CT molecular complexity index is 553. The smallest absolute Gasteiger partial charge is 0.264 e. The van der Waals surface area contributed by atoms with E-state index < -0.39 is 0 Å². The fourth-order valence-corrected chi connectivity index (χ4v) is 2.03. The van der Waals surface area contributed by atoms with Crippen LogP contribution in [0.15, 0.2) is 24.5 Å². The third kappa shape index (κ3) is 3.34. The van der Waals surface area contributed by atoms with Crippen LogP contribution in [0.3, 0.4) is 0 Å². The summed E-state index contributed by atoms with van der Waals surface area (Å²) in [6.07, 6.45) is 3.22. The Morgan fingerprint density at radius 2 is 2.00 bits per heavy atom. The van der Waals surface area contributed by atoms with E-state index in [0.29, 0.717) is 5.95 Å². The first-order chi connectivity index (χ1) is 9.06. The second-order valence-electron chi connectivity index (χ2n) is 4.50. The van der Waals surface area contributed by atoms with E-state index in [1.54, 1.807) is 12.4 Å². The van der Waals surface area contributed by atoms with E-state index in [4.69, 9.17) is 4.74 Å². The molecule has 0 aliphatic rings. The van der Waals surface area contributed by atoms with Crippen molar-refractivity contribution in [1.29, 1.82) is 0 Å². The molecule has 0 spiro atoms. The van der Waals surface area contributed by atoms with Crippen molar-refractivity contribution >= 4 is 11.9 Å². The number of nitrogens with zero attached hydrogens (tertiary/aromatic N) is 1. The number of benzene rings is 1. The molecule has 0 fully saturated rings. The Morgan fingerprint density at radius 3 is 2.58 bits per heavy atom. The van der Waals surface area contributed by atoms with Gasteiger partial charge in [-0.3, -0.25) is 10.1 Å². The molecule has 5 heteroatoms. The number of nitrogens with one attached hydrogen (secondary N) is 2. The summed E-state index contributed by atoms with van der Waals surface area (Å²) in [5.74, 6) is 0.945. The van der Waals surface area contributed by atoms with Crippen molar-refractivity contribution in [3.63, 3.8) is 0 Å². The molecule has 0 unspecified atom stereocenters. The Balaban J connectivity index is 1.97. The van der Waals surface area contributed by atoms with E-state index in [1.165, 1.54) is 5.56 Å². The van der Waals surface area contributed by atoms with Crippen LogP contribution in [-0.4, -0.2) is 22.5 Å². The van der Waals surface area contributed by atoms with Gasteiger partial charge in [0.15, 0.2) is 6.61 Å². The first-order valence-electron chi connectivity index (χ1n) is 6.06. The standard InChI is InChI=1S/C14H17N3O2/c1-9-6-10(2)13(11(3)7-9)19-8-12(18)17-14-15-4-5-16-14/h4-7H,8H2,1-3H3,(H2,15,16,17,18). The van der Waals surface area contributed by atoms with Gasteiger partial charge in [0.25, 0.3) is 5.91 Å². The van der Waals surface area contributed by atoms with Crippen LogP contribution < -0.4 is 10.1 Å². The maximum Gasteiger partial charge on any atom is 0.264 e. The van der Waals surface area contributed by atoms with Crippen molar-refractivity contribution in [2.24, 2.45) is 0 Å². The number of ether oxygens (including phenoxy) is 1. The minimum absolute atomic E-state index is 0.0363. The molecule has 1 amide bonds. The Labute approximate surface area is 112 Å². The van der Waals surface area contributed by atoms with Crippen molar-refractivity contribution in [1.82, 2.24) is 9.97 Å². The number of hydrogen-bond donors (Lipinski definition) is 2. The van der Waals surface area contributed by atoms with Crippen LogP contribution in [0, 0.1) is 20.8 Å². The molecule has 0 aliphatic heterocycles. The third-order valence-corrected chi connectivity index (χ3v) is 2.71. The molecule has 0 aliphatic carbocycles. The SMILES string of the molecule is Cc1cc(C)c(OCC(=O)Nc2ncc[nH]2)c(C)c1. The zero-order chi connectivity index (χ0) is 13.8. The minimum Gasteiger partial charge on any atom is -0.483 e. The summed E-state index contributed by atoms with van der Waals surface area (Å²) in [7, 11) is 0. The number of aromatic amines is 1. The molecule has 19 heavy (non-hydrogen) atoms. The zero-order valence-electron chi connectivity index (χ0n) is 11.3. The lowest BCUT2D eigenvalue weighted by Crippen LogP contribution is -2.21. The average molecular weight is 259 g/mol. The average Bonchev–Trinajstić information content (AvgIpc) is 2.80. The van der Waals surface area contributed by atoms with Crippen LogP contribution in [0.2, 0.25) is 0 Å². The first kappa shape index (κ1) is 13.1. The van der Waals surface area contributed by atoms with Gasteiger partial charge in [0.1, 0.15) is 5.75 Å². The summed E-state index contributed by atoms with van der Waals surface area (Å²) in [5, 5.41) is 2.61. The van der Waals surface area contributed by atoms with E-state index in [9.17, 15) is 4.79 Å². The molecule has 0 saturated heterocycles. The summed E-state index contributed by atoms with van der Waals surface area (Å²) < 4.78 is 5.58. The molecule has 5 nitrogen and oxygen atoms in total. The molecule has 0 atom stereocenters. The highest BCUT2D eigenvalue weighted by atomic mass is 16.5. The fraction of sp³-hybridized carbons (Fsp3) is 0.286. The number of carbonyl (C=O) groups is 1. The third-order valence-electron chi connectivity index (χ3n) is 2.71. The molecule has 1 aromatic heterocycles. The summed E-state index contributed by atoms with van der Waals surface area (Å²) in [5.41, 5.74) is 3.24. The quantitative estimate of drug-likeness (QED) is 0.885. The van der Waals surface area contributed by atoms with Crippen LogP contribution in [0.1, 0.15) is 16.7 Å². The van der Waals surface area contributed by atoms with Crippen LogP contribution in [0.4, 0.5) is 5.95 Å². The van der Waals surface area contributed by atoms with Crippen molar-refractivity contribution in [3.8, 4) is 5.75 Å². The number of aromatic nitrogens is 2. The molecule has 2 rings (SSSR count). The summed E-state index contributed by atoms with van der Waals surface area (Å²) in [4.78, 5) is 18.4. The molecule has 0 radical (unpaired) electrons. The first-order valence-corrected chi connectivity index (χ1v) is 6.06. The number of carbonyl (C=O) groups excluding carboxylic acids is 1. The highest BCUT2D eigenvalue weighted by Gasteiger charge is 2.09. The summed E-state index contributed by atoms with van der Waals surface area (Å²) in [6, 6.07) is 4.07. The minimum atomic E-state index is -0.241. The number of amides is 1. The van der Waals surface area contributed by atoms with Gasteiger partial charge in [0, 0.05) is 12.4 Å². The number of H-pyrrole nitrogens is 1. The van der Waals surface area contributed by atoms with Gasteiger partial charge in [-0.2, -0.15) is 0 Å². The maximum atomic E-state index is 11.7. The van der Waals surface area contributed by atoms with Gasteiger partial charge in [-0.05, 0) is 31.9 Å². The van der Waals surface area contributed by atoms with Crippen LogP contribution in [-0.2, 0) is 4.79 Å². The maximum absolute atomic E-state index is 11.7. The lowest BCUT2D eigenvalue weighted by atomic mass is 10.1. The number of rotatable bonds is 4. The predicted octanol–water partition coefficient (Wildman–Crippen LogP) is 2.35. The lowest BCUT2D eigenvalue weighted by molar-refractivity contribution is -0.118. The molecule has 2 aromatic rings. The predicted molar refractivity (Wildman–Crippen MR) is 73.4 cm³/mol. The largest absolute Gasteiger partial charge is 0.483 e. The van der Waals surface area contributed by atoms with Crippen molar-refractivity contribution in [3.05, 3.63) is 41.2 Å². The van der Waals surface area contributed by atoms with Crippen LogP contribution in [0.5, 0.6) is 5.75 Å². The van der Waals surface area contributed by atoms with Crippen LogP contribution >= 0.6 is 0 Å². The zero-order valence-corrected chi connectivity index (χ0v) is 11.3. The molecular weight excluding hydrogens is 242 g/mol. The van der Waals surface area contributed by atoms with Gasteiger partial charge in [0.05, 0.1) is 0 Å². The lowest BCUT2D eigenvalue weighted by Gasteiger charge is -2.12. The monoisotopic (exact) mass is 259 g/mol. The van der Waals surface area contributed by atoms with Gasteiger partial charge in [-0.25, -0.2) is 4.98 Å². The normalized spacial score (nSPS) is 10.3. The molecule has 100 valence electrons. The second-order valence-corrected chi connectivity index (χ2v) is 4.50. The Kier molecular flexibility index (Phi) is 3.85. The molecule has 1 aromatic carbocycles. The van der Waals surface area contributed by atoms with Crippen molar-refractivity contribution < 1.29 is 9.53 Å². The topological polar surface area (TPSA) is 67.0 Å². The molecule has 1 heterocycles. The number of imidazole rings is 1. The summed E-state index contributed by atoms with van der Waals surface area (Å²) in [6.45, 7) is 5.94. The molecule has 0 saturated carbocycles. The highest BCUT2D eigenvalue weighted by molar-refractivity contribution is 5.90. The van der Waals surface area contributed by atoms with Gasteiger partial charge in [-0.15, -0.1) is 0 Å². The van der Waals surface area contributed by atoms with Gasteiger partial charge in [-0.1, -0.05) is 17.7 Å². The molecule has 0 bridgehead atoms. The van der Waals surface area contributed by atoms with E-state index in [0.717, 1.165) is 16.9 Å². The fourth-order valence-electron chi connectivity index (χ4n) is 2.03. The Hall–Kier alpha value is -2.30. The van der Waals surface area contributed by atoms with E-state index in [2.05, 4.69) is 15.3 Å². The Morgan fingerprint density at radius 1 is 1.32 bits per heavy atom. The number of hydrogen-bond acceptors (Lipinski definition) is 3. The van der Waals surface area contributed by atoms with E-state index >= 15 is 0 Å².